The summed E-state index contributed by atoms with van der Waals surface area (Å²) in [5.74, 6) is 0.831. The molecule has 1 atom stereocenters. The van der Waals surface area contributed by atoms with Crippen molar-refractivity contribution < 1.29 is 4.79 Å². The number of hydrogen-bond donors (Lipinski definition) is 2. The van der Waals surface area contributed by atoms with Crippen molar-refractivity contribution in [3.05, 3.63) is 54.5 Å². The second kappa shape index (κ2) is 7.08. The molecule has 1 saturated heterocycles. The number of amidine groups is 1. The molecular weight excluding hydrogens is 390 g/mol. The summed E-state index contributed by atoms with van der Waals surface area (Å²) >= 11 is 0. The van der Waals surface area contributed by atoms with E-state index in [4.69, 9.17) is 4.99 Å². The van der Waals surface area contributed by atoms with Crippen molar-refractivity contribution in [2.45, 2.75) is 44.7 Å². The third kappa shape index (κ3) is 3.52. The molecule has 8 heteroatoms. The molecule has 2 aliphatic heterocycles. The normalized spacial score (nSPS) is 22.3. The van der Waals surface area contributed by atoms with Crippen molar-refractivity contribution in [3.63, 3.8) is 0 Å². The number of aromatic nitrogens is 3. The number of aliphatic imine (C=N–C) groups is 1. The molecule has 0 aliphatic carbocycles. The van der Waals surface area contributed by atoms with Crippen LogP contribution < -0.4 is 10.6 Å². The Morgan fingerprint density at radius 3 is 2.81 bits per heavy atom. The minimum absolute atomic E-state index is 0.0523. The topological polar surface area (TPSA) is 86.9 Å². The van der Waals surface area contributed by atoms with Crippen molar-refractivity contribution in [2.75, 3.05) is 23.7 Å². The lowest BCUT2D eigenvalue weighted by Crippen LogP contribution is -2.63. The van der Waals surface area contributed by atoms with Gasteiger partial charge in [-0.2, -0.15) is 5.10 Å². The van der Waals surface area contributed by atoms with E-state index in [0.717, 1.165) is 30.1 Å². The van der Waals surface area contributed by atoms with Gasteiger partial charge in [0.15, 0.2) is 5.65 Å². The van der Waals surface area contributed by atoms with Gasteiger partial charge in [0.05, 0.1) is 29.7 Å². The molecule has 1 aromatic carbocycles. The molecule has 8 nitrogen and oxygen atoms in total. The molecule has 2 aliphatic rings. The van der Waals surface area contributed by atoms with E-state index in [1.54, 1.807) is 29.2 Å². The SMILES string of the molecule is CC(C)(C)N=C1Nc2ccccc2N[C@@]12CCCN(C(=O)c1cnn3cccnc13)C2. The zero-order chi connectivity index (χ0) is 21.6. The van der Waals surface area contributed by atoms with Crippen LogP contribution in [0.3, 0.4) is 0 Å². The number of amides is 1. The number of benzene rings is 1. The summed E-state index contributed by atoms with van der Waals surface area (Å²) in [6, 6.07) is 9.94. The van der Waals surface area contributed by atoms with E-state index in [-0.39, 0.29) is 11.4 Å². The second-order valence-corrected chi connectivity index (χ2v) is 9.29. The molecule has 1 spiro atoms. The molecule has 2 aromatic heterocycles. The van der Waals surface area contributed by atoms with Gasteiger partial charge in [0, 0.05) is 18.9 Å². The van der Waals surface area contributed by atoms with Crippen LogP contribution in [0.25, 0.3) is 5.65 Å². The maximum Gasteiger partial charge on any atom is 0.259 e. The van der Waals surface area contributed by atoms with E-state index in [1.165, 1.54) is 0 Å². The summed E-state index contributed by atoms with van der Waals surface area (Å²) < 4.78 is 1.64. The van der Waals surface area contributed by atoms with E-state index < -0.39 is 5.54 Å². The summed E-state index contributed by atoms with van der Waals surface area (Å²) in [4.78, 5) is 24.8. The minimum Gasteiger partial charge on any atom is -0.370 e. The van der Waals surface area contributed by atoms with Gasteiger partial charge in [-0.1, -0.05) is 12.1 Å². The molecule has 3 aromatic rings. The molecular formula is C23H27N7O. The van der Waals surface area contributed by atoms with Gasteiger partial charge >= 0.3 is 0 Å². The second-order valence-electron chi connectivity index (χ2n) is 9.29. The maximum atomic E-state index is 13.5. The average molecular weight is 418 g/mol. The Labute approximate surface area is 181 Å². The standard InChI is InChI=1S/C23H27N7O/c1-22(2,3)28-21-23(27-18-9-5-4-8-17(18)26-21)10-6-12-29(15-23)20(31)16-14-25-30-13-7-11-24-19(16)30/h4-5,7-9,11,13-14,27H,6,10,12,15H2,1-3H3,(H,26,28)/t23-/m1/s1. The Hall–Kier alpha value is -3.42. The fourth-order valence-electron chi connectivity index (χ4n) is 4.41. The largest absolute Gasteiger partial charge is 0.370 e. The number of para-hydroxylation sites is 2. The van der Waals surface area contributed by atoms with Gasteiger partial charge in [0.1, 0.15) is 16.9 Å². The van der Waals surface area contributed by atoms with Gasteiger partial charge in [-0.25, -0.2) is 9.50 Å². The Morgan fingerprint density at radius 2 is 2.00 bits per heavy atom. The van der Waals surface area contributed by atoms with E-state index >= 15 is 0 Å². The van der Waals surface area contributed by atoms with Crippen LogP contribution in [0, 0.1) is 0 Å². The number of fused-ring (bicyclic) bond motifs is 2. The first kappa shape index (κ1) is 19.5. The summed E-state index contributed by atoms with van der Waals surface area (Å²) in [5, 5.41) is 11.6. The van der Waals surface area contributed by atoms with Crippen molar-refractivity contribution in [1.29, 1.82) is 0 Å². The Bertz CT molecular complexity index is 1180. The number of rotatable bonds is 1. The third-order valence-corrected chi connectivity index (χ3v) is 5.74. The molecule has 0 unspecified atom stereocenters. The maximum absolute atomic E-state index is 13.5. The monoisotopic (exact) mass is 417 g/mol. The quantitative estimate of drug-likeness (QED) is 0.633. The molecule has 2 N–H and O–H groups in total. The predicted molar refractivity (Wildman–Crippen MR) is 122 cm³/mol. The van der Waals surface area contributed by atoms with Gasteiger partial charge in [-0.3, -0.25) is 9.79 Å². The first-order valence-electron chi connectivity index (χ1n) is 10.7. The summed E-state index contributed by atoms with van der Waals surface area (Å²) in [6.07, 6.45) is 6.86. The molecule has 0 radical (unpaired) electrons. The lowest BCUT2D eigenvalue weighted by molar-refractivity contribution is 0.0696. The van der Waals surface area contributed by atoms with Gasteiger partial charge in [-0.15, -0.1) is 0 Å². The van der Waals surface area contributed by atoms with E-state index in [1.807, 2.05) is 23.1 Å². The lowest BCUT2D eigenvalue weighted by Gasteiger charge is -2.47. The highest BCUT2D eigenvalue weighted by molar-refractivity contribution is 6.10. The van der Waals surface area contributed by atoms with Crippen LogP contribution in [-0.2, 0) is 0 Å². The number of nitrogens with zero attached hydrogens (tertiary/aromatic N) is 5. The lowest BCUT2D eigenvalue weighted by atomic mass is 9.84. The highest BCUT2D eigenvalue weighted by Crippen LogP contribution is 2.37. The van der Waals surface area contributed by atoms with E-state index in [0.29, 0.717) is 24.3 Å². The highest BCUT2D eigenvalue weighted by Gasteiger charge is 2.45. The first-order valence-corrected chi connectivity index (χ1v) is 10.7. The van der Waals surface area contributed by atoms with E-state index in [2.05, 4.69) is 47.6 Å². The first-order chi connectivity index (χ1) is 14.8. The van der Waals surface area contributed by atoms with Crippen LogP contribution in [0.4, 0.5) is 11.4 Å². The van der Waals surface area contributed by atoms with E-state index in [9.17, 15) is 4.79 Å². The molecule has 4 heterocycles. The zero-order valence-corrected chi connectivity index (χ0v) is 18.1. The van der Waals surface area contributed by atoms with Crippen molar-refractivity contribution in [1.82, 2.24) is 19.5 Å². The van der Waals surface area contributed by atoms with Gasteiger partial charge in [-0.05, 0) is 51.8 Å². The summed E-state index contributed by atoms with van der Waals surface area (Å²) in [5.41, 5.74) is 2.43. The van der Waals surface area contributed by atoms with Crippen molar-refractivity contribution in [2.24, 2.45) is 4.99 Å². The van der Waals surface area contributed by atoms with Crippen LogP contribution in [0.2, 0.25) is 0 Å². The Morgan fingerprint density at radius 1 is 1.19 bits per heavy atom. The number of hydrogen-bond acceptors (Lipinski definition) is 5. The molecule has 1 amide bonds. The number of carbonyl (C=O) groups is 1. The molecule has 0 bridgehead atoms. The molecule has 31 heavy (non-hydrogen) atoms. The fourth-order valence-corrected chi connectivity index (χ4v) is 4.41. The number of anilines is 2. The molecule has 1 fully saturated rings. The van der Waals surface area contributed by atoms with Crippen molar-refractivity contribution >= 4 is 28.8 Å². The summed E-state index contributed by atoms with van der Waals surface area (Å²) in [7, 11) is 0. The van der Waals surface area contributed by atoms with Crippen LogP contribution in [0.1, 0.15) is 44.0 Å². The Balaban J connectivity index is 1.52. The molecule has 160 valence electrons. The Kier molecular flexibility index (Phi) is 4.46. The van der Waals surface area contributed by atoms with Crippen LogP contribution in [-0.4, -0.2) is 55.4 Å². The highest BCUT2D eigenvalue weighted by atomic mass is 16.2. The smallest absolute Gasteiger partial charge is 0.259 e. The number of piperidine rings is 1. The van der Waals surface area contributed by atoms with Crippen LogP contribution >= 0.6 is 0 Å². The van der Waals surface area contributed by atoms with Gasteiger partial charge in [0.2, 0.25) is 0 Å². The predicted octanol–water partition coefficient (Wildman–Crippen LogP) is 3.44. The molecule has 0 saturated carbocycles. The van der Waals surface area contributed by atoms with Crippen molar-refractivity contribution in [3.8, 4) is 0 Å². The number of likely N-dealkylation sites (tertiary alicyclic amines) is 1. The number of carbonyl (C=O) groups excluding carboxylic acids is 1. The van der Waals surface area contributed by atoms with Crippen LogP contribution in [0.15, 0.2) is 53.9 Å². The van der Waals surface area contributed by atoms with Gasteiger partial charge < -0.3 is 15.5 Å². The minimum atomic E-state index is -0.466. The van der Waals surface area contributed by atoms with Crippen LogP contribution in [0.5, 0.6) is 0 Å². The van der Waals surface area contributed by atoms with Gasteiger partial charge in [0.25, 0.3) is 5.91 Å². The third-order valence-electron chi connectivity index (χ3n) is 5.74. The average Bonchev–Trinajstić information content (AvgIpc) is 3.17. The number of nitrogens with one attached hydrogen (secondary N) is 2. The summed E-state index contributed by atoms with van der Waals surface area (Å²) in [6.45, 7) is 7.48. The zero-order valence-electron chi connectivity index (χ0n) is 18.1. The fraction of sp³-hybridized carbons (Fsp3) is 0.391. The molecule has 5 rings (SSSR count).